The Labute approximate surface area is 220 Å². The number of nitrogens with zero attached hydrogens (tertiary/aromatic N) is 3. The van der Waals surface area contributed by atoms with Crippen LogP contribution >= 0.6 is 11.3 Å². The third-order valence-corrected chi connectivity index (χ3v) is 6.70. The molecule has 0 saturated carbocycles. The average Bonchev–Trinajstić information content (AvgIpc) is 3.39. The van der Waals surface area contributed by atoms with Crippen LogP contribution in [0.15, 0.2) is 66.9 Å². The summed E-state index contributed by atoms with van der Waals surface area (Å²) in [5.41, 5.74) is 2.90. The number of anilines is 1. The molecule has 4 aromatic rings. The van der Waals surface area contributed by atoms with Crippen LogP contribution in [0.1, 0.15) is 27.7 Å². The summed E-state index contributed by atoms with van der Waals surface area (Å²) in [4.78, 5) is 24.7. The van der Waals surface area contributed by atoms with Crippen molar-refractivity contribution in [1.29, 1.82) is 0 Å². The van der Waals surface area contributed by atoms with Crippen molar-refractivity contribution < 1.29 is 23.7 Å². The molecule has 0 amide bonds. The summed E-state index contributed by atoms with van der Waals surface area (Å²) in [6.45, 7) is 3.10. The van der Waals surface area contributed by atoms with Gasteiger partial charge in [0.05, 0.1) is 27.9 Å². The summed E-state index contributed by atoms with van der Waals surface area (Å²) in [7, 11) is 4.85. The van der Waals surface area contributed by atoms with Crippen molar-refractivity contribution >= 4 is 23.1 Å². The maximum Gasteiger partial charge on any atom is 0.352 e. The third-order valence-electron chi connectivity index (χ3n) is 5.63. The fourth-order valence-electron chi connectivity index (χ4n) is 3.74. The second-order valence-electron chi connectivity index (χ2n) is 8.03. The van der Waals surface area contributed by atoms with Crippen molar-refractivity contribution in [3.63, 3.8) is 0 Å². The molecule has 37 heavy (non-hydrogen) atoms. The molecule has 0 N–H and O–H groups in total. The molecule has 2 aromatic carbocycles. The number of esters is 1. The van der Waals surface area contributed by atoms with E-state index in [2.05, 4.69) is 9.88 Å². The number of methoxy groups -OCH3 is 3. The van der Waals surface area contributed by atoms with Crippen LogP contribution in [0.25, 0.3) is 10.6 Å². The van der Waals surface area contributed by atoms with E-state index in [-0.39, 0.29) is 6.61 Å². The molecule has 2 aromatic heterocycles. The molecule has 0 aliphatic rings. The molecule has 0 fully saturated rings. The lowest BCUT2D eigenvalue weighted by atomic mass is 10.1. The first-order chi connectivity index (χ1) is 18.0. The van der Waals surface area contributed by atoms with Gasteiger partial charge in [0.1, 0.15) is 16.5 Å². The van der Waals surface area contributed by atoms with Gasteiger partial charge in [-0.15, -0.1) is 11.3 Å². The SMILES string of the molecule is CCOC(=O)c1sc(-c2ccnc(OC)c2)nc1N(Cc1ccc(OC)cc1)Cc1ccc(OC)cc1. The minimum atomic E-state index is -0.406. The van der Waals surface area contributed by atoms with E-state index in [1.54, 1.807) is 40.5 Å². The van der Waals surface area contributed by atoms with Gasteiger partial charge < -0.3 is 23.8 Å². The van der Waals surface area contributed by atoms with Gasteiger partial charge in [-0.2, -0.15) is 0 Å². The highest BCUT2D eigenvalue weighted by atomic mass is 32.1. The van der Waals surface area contributed by atoms with Gasteiger partial charge in [-0.25, -0.2) is 14.8 Å². The van der Waals surface area contributed by atoms with Crippen LogP contribution in [0.3, 0.4) is 0 Å². The Balaban J connectivity index is 1.77. The van der Waals surface area contributed by atoms with Gasteiger partial charge in [0.2, 0.25) is 5.88 Å². The minimum absolute atomic E-state index is 0.269. The average molecular weight is 520 g/mol. The predicted molar refractivity (Wildman–Crippen MR) is 144 cm³/mol. The number of carbonyl (C=O) groups excluding carboxylic acids is 1. The number of carbonyl (C=O) groups is 1. The Morgan fingerprint density at radius 2 is 1.46 bits per heavy atom. The second-order valence-corrected chi connectivity index (χ2v) is 9.03. The highest BCUT2D eigenvalue weighted by molar-refractivity contribution is 7.17. The molecule has 0 spiro atoms. The number of aromatic nitrogens is 2. The quantitative estimate of drug-likeness (QED) is 0.236. The van der Waals surface area contributed by atoms with Crippen LogP contribution < -0.4 is 19.1 Å². The lowest BCUT2D eigenvalue weighted by Gasteiger charge is -2.24. The number of hydrogen-bond acceptors (Lipinski definition) is 9. The molecular formula is C28H29N3O5S. The number of pyridine rings is 1. The van der Waals surface area contributed by atoms with E-state index in [1.165, 1.54) is 11.3 Å². The van der Waals surface area contributed by atoms with Gasteiger partial charge in [0, 0.05) is 30.9 Å². The van der Waals surface area contributed by atoms with Crippen LogP contribution in [0, 0.1) is 0 Å². The summed E-state index contributed by atoms with van der Waals surface area (Å²) >= 11 is 1.29. The zero-order chi connectivity index (χ0) is 26.2. The summed E-state index contributed by atoms with van der Waals surface area (Å²) in [5.74, 6) is 2.18. The first-order valence-corrected chi connectivity index (χ1v) is 12.6. The van der Waals surface area contributed by atoms with E-state index in [9.17, 15) is 4.79 Å². The van der Waals surface area contributed by atoms with E-state index in [0.29, 0.717) is 34.7 Å². The van der Waals surface area contributed by atoms with E-state index in [0.717, 1.165) is 28.2 Å². The van der Waals surface area contributed by atoms with Crippen molar-refractivity contribution in [2.75, 3.05) is 32.8 Å². The number of thiazole rings is 1. The van der Waals surface area contributed by atoms with E-state index in [1.807, 2.05) is 54.6 Å². The van der Waals surface area contributed by atoms with Crippen molar-refractivity contribution in [1.82, 2.24) is 9.97 Å². The van der Waals surface area contributed by atoms with Gasteiger partial charge in [-0.3, -0.25) is 0 Å². The summed E-state index contributed by atoms with van der Waals surface area (Å²) in [6.07, 6.45) is 1.66. The minimum Gasteiger partial charge on any atom is -0.497 e. The van der Waals surface area contributed by atoms with Crippen LogP contribution in [-0.2, 0) is 17.8 Å². The van der Waals surface area contributed by atoms with Gasteiger partial charge >= 0.3 is 5.97 Å². The van der Waals surface area contributed by atoms with Crippen LogP contribution in [0.2, 0.25) is 0 Å². The summed E-state index contributed by atoms with van der Waals surface area (Å²) < 4.78 is 21.3. The van der Waals surface area contributed by atoms with Gasteiger partial charge in [0.15, 0.2) is 10.7 Å². The maximum atomic E-state index is 13.1. The van der Waals surface area contributed by atoms with Crippen LogP contribution in [-0.4, -0.2) is 43.9 Å². The molecular weight excluding hydrogens is 490 g/mol. The molecule has 0 unspecified atom stereocenters. The Morgan fingerprint density at radius 3 is 1.97 bits per heavy atom. The fourth-order valence-corrected chi connectivity index (χ4v) is 4.72. The maximum absolute atomic E-state index is 13.1. The summed E-state index contributed by atoms with van der Waals surface area (Å²) in [6, 6.07) is 19.3. The summed E-state index contributed by atoms with van der Waals surface area (Å²) in [5, 5.41) is 0.674. The fraction of sp³-hybridized carbons (Fsp3) is 0.250. The Hall–Kier alpha value is -4.11. The monoisotopic (exact) mass is 519 g/mol. The standard InChI is InChI=1S/C28H29N3O5S/c1-5-36-28(32)25-26(30-27(37-25)21-14-15-29-24(16-21)35-4)31(17-19-6-10-22(33-2)11-7-19)18-20-8-12-23(34-3)13-9-20/h6-16H,5,17-18H2,1-4H3. The normalized spacial score (nSPS) is 10.6. The zero-order valence-corrected chi connectivity index (χ0v) is 22.1. The molecule has 192 valence electrons. The Morgan fingerprint density at radius 1 is 0.865 bits per heavy atom. The lowest BCUT2D eigenvalue weighted by molar-refractivity contribution is 0.0532. The molecule has 0 atom stereocenters. The molecule has 0 radical (unpaired) electrons. The van der Waals surface area contributed by atoms with E-state index < -0.39 is 5.97 Å². The lowest BCUT2D eigenvalue weighted by Crippen LogP contribution is -2.24. The van der Waals surface area contributed by atoms with Crippen LogP contribution in [0.4, 0.5) is 5.82 Å². The molecule has 8 nitrogen and oxygen atoms in total. The molecule has 4 rings (SSSR count). The Bertz CT molecular complexity index is 1270. The van der Waals surface area contributed by atoms with Crippen molar-refractivity contribution in [2.24, 2.45) is 0 Å². The molecule has 2 heterocycles. The second kappa shape index (κ2) is 12.2. The molecule has 0 bridgehead atoms. The van der Waals surface area contributed by atoms with Crippen molar-refractivity contribution in [2.45, 2.75) is 20.0 Å². The van der Waals surface area contributed by atoms with E-state index >= 15 is 0 Å². The Kier molecular flexibility index (Phi) is 8.58. The number of ether oxygens (including phenoxy) is 4. The van der Waals surface area contributed by atoms with Crippen molar-refractivity contribution in [3.05, 3.63) is 82.9 Å². The molecule has 0 aliphatic carbocycles. The predicted octanol–water partition coefficient (Wildman–Crippen LogP) is 5.61. The van der Waals surface area contributed by atoms with Gasteiger partial charge in [0.25, 0.3) is 0 Å². The topological polar surface area (TPSA) is 83.0 Å². The largest absolute Gasteiger partial charge is 0.497 e. The van der Waals surface area contributed by atoms with Crippen molar-refractivity contribution in [3.8, 4) is 28.0 Å². The first kappa shape index (κ1) is 26.0. The smallest absolute Gasteiger partial charge is 0.352 e. The molecule has 9 heteroatoms. The van der Waals surface area contributed by atoms with E-state index in [4.69, 9.17) is 23.9 Å². The number of rotatable bonds is 11. The number of benzene rings is 2. The molecule has 0 aliphatic heterocycles. The highest BCUT2D eigenvalue weighted by Gasteiger charge is 2.25. The third kappa shape index (κ3) is 6.37. The zero-order valence-electron chi connectivity index (χ0n) is 21.3. The number of hydrogen-bond donors (Lipinski definition) is 0. The molecule has 0 saturated heterocycles. The van der Waals surface area contributed by atoms with Gasteiger partial charge in [-0.1, -0.05) is 24.3 Å². The first-order valence-electron chi connectivity index (χ1n) is 11.7. The highest BCUT2D eigenvalue weighted by Crippen LogP contribution is 2.36. The van der Waals surface area contributed by atoms with Crippen LogP contribution in [0.5, 0.6) is 17.4 Å². The van der Waals surface area contributed by atoms with Gasteiger partial charge in [-0.05, 0) is 48.4 Å².